The van der Waals surface area contributed by atoms with Crippen molar-refractivity contribution < 1.29 is 15.0 Å². The van der Waals surface area contributed by atoms with Gasteiger partial charge in [-0.25, -0.2) is 0 Å². The minimum Gasteiger partial charge on any atom is -0.508 e. The van der Waals surface area contributed by atoms with Crippen LogP contribution < -0.4 is 5.32 Å². The molecule has 0 atom stereocenters. The number of nitrogens with one attached hydrogen (secondary N) is 2. The molecule has 0 spiro atoms. The van der Waals surface area contributed by atoms with Crippen molar-refractivity contribution in [1.29, 1.82) is 5.41 Å². The fraction of sp³-hybridized carbons (Fsp3) is 0.654. The van der Waals surface area contributed by atoms with Crippen LogP contribution in [-0.4, -0.2) is 75.9 Å². The number of phenols is 2. The SMILES string of the molecule is CCN(CC)C1CCC(N(C(=N)c2cc(C(C)C)c(O)cc2O)C(=NC)C(=O)NC(C)C)CC1. The van der Waals surface area contributed by atoms with Gasteiger partial charge in [0.05, 0.1) is 5.56 Å². The van der Waals surface area contributed by atoms with Crippen molar-refractivity contribution in [2.45, 2.75) is 91.3 Å². The van der Waals surface area contributed by atoms with E-state index in [4.69, 9.17) is 5.41 Å². The van der Waals surface area contributed by atoms with Crippen LogP contribution >= 0.6 is 0 Å². The predicted molar refractivity (Wildman–Crippen MR) is 138 cm³/mol. The van der Waals surface area contributed by atoms with Crippen LogP contribution in [0.15, 0.2) is 17.1 Å². The molecule has 8 nitrogen and oxygen atoms in total. The number of amides is 1. The molecule has 0 unspecified atom stereocenters. The number of phenolic OH excluding ortho intramolecular Hbond substituents is 2. The molecule has 4 N–H and O–H groups in total. The zero-order chi connectivity index (χ0) is 25.6. The third-order valence-corrected chi connectivity index (χ3v) is 6.69. The number of carbonyl (C=O) groups is 1. The zero-order valence-electron chi connectivity index (χ0n) is 21.9. The average Bonchev–Trinajstić information content (AvgIpc) is 2.77. The molecule has 0 aliphatic heterocycles. The van der Waals surface area contributed by atoms with Gasteiger partial charge in [0.1, 0.15) is 17.3 Å². The van der Waals surface area contributed by atoms with E-state index in [1.165, 1.54) is 6.07 Å². The molecular weight excluding hydrogens is 430 g/mol. The van der Waals surface area contributed by atoms with E-state index in [1.54, 1.807) is 18.0 Å². The van der Waals surface area contributed by atoms with Crippen molar-refractivity contribution in [2.24, 2.45) is 4.99 Å². The Morgan fingerprint density at radius 1 is 1.06 bits per heavy atom. The monoisotopic (exact) mass is 473 g/mol. The molecule has 1 aliphatic carbocycles. The van der Waals surface area contributed by atoms with Crippen molar-refractivity contribution in [3.8, 4) is 11.5 Å². The van der Waals surface area contributed by atoms with E-state index in [9.17, 15) is 15.0 Å². The topological polar surface area (TPSA) is 112 Å². The number of aromatic hydroxyl groups is 2. The molecule has 1 aliphatic rings. The lowest BCUT2D eigenvalue weighted by Gasteiger charge is -2.41. The van der Waals surface area contributed by atoms with Gasteiger partial charge in [-0.1, -0.05) is 27.7 Å². The summed E-state index contributed by atoms with van der Waals surface area (Å²) in [5.41, 5.74) is 0.926. The van der Waals surface area contributed by atoms with Gasteiger partial charge in [0.2, 0.25) is 0 Å². The second-order valence-electron chi connectivity index (χ2n) is 9.66. The Hall–Kier alpha value is -2.61. The van der Waals surface area contributed by atoms with Crippen molar-refractivity contribution in [1.82, 2.24) is 15.1 Å². The van der Waals surface area contributed by atoms with E-state index in [-0.39, 0.29) is 52.6 Å². The summed E-state index contributed by atoms with van der Waals surface area (Å²) in [6.07, 6.45) is 3.57. The molecule has 1 fully saturated rings. The molecule has 0 heterocycles. The van der Waals surface area contributed by atoms with E-state index in [0.717, 1.165) is 38.8 Å². The molecule has 0 bridgehead atoms. The molecule has 1 amide bonds. The first kappa shape index (κ1) is 27.6. The fourth-order valence-corrected chi connectivity index (χ4v) is 4.90. The molecule has 190 valence electrons. The Balaban J connectivity index is 2.47. The van der Waals surface area contributed by atoms with Gasteiger partial charge in [0.25, 0.3) is 5.91 Å². The summed E-state index contributed by atoms with van der Waals surface area (Å²) in [4.78, 5) is 21.5. The van der Waals surface area contributed by atoms with Gasteiger partial charge >= 0.3 is 0 Å². The second kappa shape index (κ2) is 12.2. The number of carbonyl (C=O) groups excluding carboxylic acids is 1. The van der Waals surface area contributed by atoms with Gasteiger partial charge < -0.3 is 25.3 Å². The van der Waals surface area contributed by atoms with Crippen LogP contribution in [0.1, 0.15) is 84.3 Å². The number of hydrogen-bond acceptors (Lipinski definition) is 6. The Morgan fingerprint density at radius 3 is 2.09 bits per heavy atom. The van der Waals surface area contributed by atoms with Crippen LogP contribution in [0.2, 0.25) is 0 Å². The first-order chi connectivity index (χ1) is 16.0. The van der Waals surface area contributed by atoms with Crippen molar-refractivity contribution in [3.05, 3.63) is 23.3 Å². The summed E-state index contributed by atoms with van der Waals surface area (Å²) in [7, 11) is 1.56. The van der Waals surface area contributed by atoms with Crippen molar-refractivity contribution in [2.75, 3.05) is 20.1 Å². The Morgan fingerprint density at radius 2 is 1.62 bits per heavy atom. The van der Waals surface area contributed by atoms with Crippen LogP contribution in [0, 0.1) is 5.41 Å². The molecule has 0 aromatic heterocycles. The molecule has 34 heavy (non-hydrogen) atoms. The predicted octanol–water partition coefficient (Wildman–Crippen LogP) is 4.05. The Labute approximate surface area is 204 Å². The van der Waals surface area contributed by atoms with Crippen LogP contribution in [0.5, 0.6) is 11.5 Å². The lowest BCUT2D eigenvalue weighted by atomic mass is 9.88. The Kier molecular flexibility index (Phi) is 9.91. The lowest BCUT2D eigenvalue weighted by Crippen LogP contribution is -2.54. The number of nitrogens with zero attached hydrogens (tertiary/aromatic N) is 3. The largest absolute Gasteiger partial charge is 0.508 e. The number of aliphatic imine (C=N–C) groups is 1. The first-order valence-electron chi connectivity index (χ1n) is 12.5. The molecule has 1 aromatic carbocycles. The fourth-order valence-electron chi connectivity index (χ4n) is 4.90. The highest BCUT2D eigenvalue weighted by Gasteiger charge is 2.35. The minimum absolute atomic E-state index is 0.00253. The maximum Gasteiger partial charge on any atom is 0.287 e. The summed E-state index contributed by atoms with van der Waals surface area (Å²) in [6, 6.07) is 3.26. The zero-order valence-corrected chi connectivity index (χ0v) is 21.9. The van der Waals surface area contributed by atoms with Crippen molar-refractivity contribution >= 4 is 17.6 Å². The van der Waals surface area contributed by atoms with E-state index in [1.807, 2.05) is 27.7 Å². The van der Waals surface area contributed by atoms with Crippen LogP contribution in [0.25, 0.3) is 0 Å². The highest BCUT2D eigenvalue weighted by Crippen LogP contribution is 2.34. The smallest absolute Gasteiger partial charge is 0.287 e. The van der Waals surface area contributed by atoms with Gasteiger partial charge in [0.15, 0.2) is 5.84 Å². The number of hydrogen-bond donors (Lipinski definition) is 4. The van der Waals surface area contributed by atoms with Gasteiger partial charge in [-0.3, -0.25) is 15.2 Å². The standard InChI is InChI=1S/C26H43N5O3/c1-8-30(9-2)18-10-12-19(13-11-18)31(25(28-7)26(34)29-17(5)6)24(27)21-14-20(16(3)4)22(32)15-23(21)33/h14-19,27,32-33H,8-13H2,1-7H3,(H,29,34). The summed E-state index contributed by atoms with van der Waals surface area (Å²) in [5.74, 6) is -0.330. The third-order valence-electron chi connectivity index (χ3n) is 6.69. The average molecular weight is 474 g/mol. The Bertz CT molecular complexity index is 885. The molecule has 0 saturated heterocycles. The van der Waals surface area contributed by atoms with Gasteiger partial charge in [-0.05, 0) is 70.2 Å². The normalized spacial score (nSPS) is 19.1. The summed E-state index contributed by atoms with van der Waals surface area (Å²) >= 11 is 0. The molecule has 1 saturated carbocycles. The summed E-state index contributed by atoms with van der Waals surface area (Å²) in [5, 5.41) is 32.9. The van der Waals surface area contributed by atoms with Gasteiger partial charge in [-0.2, -0.15) is 0 Å². The maximum absolute atomic E-state index is 13.1. The van der Waals surface area contributed by atoms with Crippen LogP contribution in [-0.2, 0) is 4.79 Å². The van der Waals surface area contributed by atoms with Gasteiger partial charge in [0, 0.05) is 31.2 Å². The van der Waals surface area contributed by atoms with Crippen molar-refractivity contribution in [3.63, 3.8) is 0 Å². The second-order valence-corrected chi connectivity index (χ2v) is 9.66. The highest BCUT2D eigenvalue weighted by molar-refractivity contribution is 6.41. The molecule has 1 aromatic rings. The van der Waals surface area contributed by atoms with E-state index < -0.39 is 0 Å². The number of benzene rings is 1. The molecule has 0 radical (unpaired) electrons. The number of amidine groups is 2. The highest BCUT2D eigenvalue weighted by atomic mass is 16.3. The lowest BCUT2D eigenvalue weighted by molar-refractivity contribution is -0.115. The van der Waals surface area contributed by atoms with Gasteiger partial charge in [-0.15, -0.1) is 0 Å². The first-order valence-corrected chi connectivity index (χ1v) is 12.5. The molecule has 2 rings (SSSR count). The molecular formula is C26H43N5O3. The van der Waals surface area contributed by atoms with E-state index in [2.05, 4.69) is 29.1 Å². The third kappa shape index (κ3) is 6.29. The van der Waals surface area contributed by atoms with E-state index >= 15 is 0 Å². The summed E-state index contributed by atoms with van der Waals surface area (Å²) < 4.78 is 0. The minimum atomic E-state index is -0.338. The molecule has 8 heteroatoms. The maximum atomic E-state index is 13.1. The van der Waals surface area contributed by atoms with Crippen LogP contribution in [0.4, 0.5) is 0 Å². The number of rotatable bonds is 7. The van der Waals surface area contributed by atoms with Crippen LogP contribution in [0.3, 0.4) is 0 Å². The quantitative estimate of drug-likeness (QED) is 0.352. The summed E-state index contributed by atoms with van der Waals surface area (Å²) in [6.45, 7) is 14.0. The van der Waals surface area contributed by atoms with E-state index in [0.29, 0.717) is 11.6 Å².